The molecular weight excluding hydrogens is 202 g/mol. The molecule has 1 aromatic carbocycles. The Labute approximate surface area is 96.5 Å². The van der Waals surface area contributed by atoms with Crippen LogP contribution in [0.3, 0.4) is 0 Å². The minimum atomic E-state index is -0.140. The molecular formula is C13H19NO2. The Hall–Kier alpha value is -1.35. The van der Waals surface area contributed by atoms with Crippen LogP contribution in [0.15, 0.2) is 24.3 Å². The molecule has 0 aliphatic rings. The van der Waals surface area contributed by atoms with Crippen LogP contribution in [0.1, 0.15) is 30.4 Å². The van der Waals surface area contributed by atoms with Gasteiger partial charge in [0.15, 0.2) is 0 Å². The maximum absolute atomic E-state index is 11.7. The molecule has 0 heterocycles. The van der Waals surface area contributed by atoms with Gasteiger partial charge in [-0.1, -0.05) is 29.8 Å². The quantitative estimate of drug-likeness (QED) is 0.742. The first-order valence-corrected chi connectivity index (χ1v) is 5.60. The SMILES string of the molecule is Cc1cccc(C(C)C(=O)NCCCO)c1. The highest BCUT2D eigenvalue weighted by molar-refractivity contribution is 5.83. The Morgan fingerprint density at radius 2 is 2.25 bits per heavy atom. The van der Waals surface area contributed by atoms with Crippen LogP contribution in [0.4, 0.5) is 0 Å². The summed E-state index contributed by atoms with van der Waals surface area (Å²) in [6.07, 6.45) is 0.603. The van der Waals surface area contributed by atoms with E-state index >= 15 is 0 Å². The Bertz CT molecular complexity index is 350. The van der Waals surface area contributed by atoms with E-state index in [4.69, 9.17) is 5.11 Å². The maximum Gasteiger partial charge on any atom is 0.227 e. The third kappa shape index (κ3) is 3.66. The molecule has 3 nitrogen and oxygen atoms in total. The zero-order chi connectivity index (χ0) is 12.0. The summed E-state index contributed by atoms with van der Waals surface area (Å²) in [6, 6.07) is 7.96. The predicted molar refractivity (Wildman–Crippen MR) is 64.3 cm³/mol. The second-order valence-electron chi connectivity index (χ2n) is 4.00. The van der Waals surface area contributed by atoms with Gasteiger partial charge < -0.3 is 10.4 Å². The van der Waals surface area contributed by atoms with Gasteiger partial charge in [0.25, 0.3) is 0 Å². The number of benzene rings is 1. The zero-order valence-corrected chi connectivity index (χ0v) is 9.86. The van der Waals surface area contributed by atoms with Gasteiger partial charge in [0, 0.05) is 13.2 Å². The van der Waals surface area contributed by atoms with Gasteiger partial charge in [-0.2, -0.15) is 0 Å². The molecule has 1 unspecified atom stereocenters. The van der Waals surface area contributed by atoms with Crippen molar-refractivity contribution in [2.75, 3.05) is 13.2 Å². The smallest absolute Gasteiger partial charge is 0.227 e. The van der Waals surface area contributed by atoms with E-state index in [1.807, 2.05) is 38.1 Å². The normalized spacial score (nSPS) is 12.2. The average molecular weight is 221 g/mol. The molecule has 1 aromatic rings. The molecule has 0 saturated heterocycles. The Morgan fingerprint density at radius 3 is 2.88 bits per heavy atom. The number of nitrogens with one attached hydrogen (secondary N) is 1. The number of aliphatic hydroxyl groups is 1. The summed E-state index contributed by atoms with van der Waals surface area (Å²) < 4.78 is 0. The molecule has 0 aliphatic carbocycles. The molecule has 1 atom stereocenters. The van der Waals surface area contributed by atoms with Crippen LogP contribution < -0.4 is 5.32 Å². The van der Waals surface area contributed by atoms with E-state index in [0.29, 0.717) is 13.0 Å². The van der Waals surface area contributed by atoms with Gasteiger partial charge in [0.2, 0.25) is 5.91 Å². The molecule has 88 valence electrons. The van der Waals surface area contributed by atoms with Gasteiger partial charge in [-0.15, -0.1) is 0 Å². The second kappa shape index (κ2) is 6.28. The van der Waals surface area contributed by atoms with E-state index in [9.17, 15) is 4.79 Å². The van der Waals surface area contributed by atoms with Gasteiger partial charge >= 0.3 is 0 Å². The Kier molecular flexibility index (Phi) is 4.99. The first kappa shape index (κ1) is 12.7. The van der Waals surface area contributed by atoms with Crippen LogP contribution in [0, 0.1) is 6.92 Å². The third-order valence-corrected chi connectivity index (χ3v) is 2.57. The average Bonchev–Trinajstić information content (AvgIpc) is 2.28. The lowest BCUT2D eigenvalue weighted by Gasteiger charge is -2.12. The number of aliphatic hydroxyl groups excluding tert-OH is 1. The largest absolute Gasteiger partial charge is 0.396 e. The molecule has 0 aromatic heterocycles. The summed E-state index contributed by atoms with van der Waals surface area (Å²) >= 11 is 0. The Balaban J connectivity index is 2.56. The van der Waals surface area contributed by atoms with Crippen molar-refractivity contribution in [3.05, 3.63) is 35.4 Å². The van der Waals surface area contributed by atoms with Gasteiger partial charge in [-0.25, -0.2) is 0 Å². The van der Waals surface area contributed by atoms with Crippen LogP contribution in [-0.2, 0) is 4.79 Å². The van der Waals surface area contributed by atoms with E-state index in [1.165, 1.54) is 0 Å². The second-order valence-corrected chi connectivity index (χ2v) is 4.00. The number of hydrogen-bond donors (Lipinski definition) is 2. The number of amides is 1. The highest BCUT2D eigenvalue weighted by Crippen LogP contribution is 2.16. The molecule has 0 spiro atoms. The fraction of sp³-hybridized carbons (Fsp3) is 0.462. The summed E-state index contributed by atoms with van der Waals surface area (Å²) in [4.78, 5) is 11.7. The molecule has 2 N–H and O–H groups in total. The summed E-state index contributed by atoms with van der Waals surface area (Å²) in [5.41, 5.74) is 2.19. The number of carbonyl (C=O) groups excluding carboxylic acids is 1. The van der Waals surface area contributed by atoms with E-state index in [1.54, 1.807) is 0 Å². The molecule has 16 heavy (non-hydrogen) atoms. The van der Waals surface area contributed by atoms with Crippen LogP contribution in [0.5, 0.6) is 0 Å². The van der Waals surface area contributed by atoms with E-state index in [2.05, 4.69) is 5.32 Å². The van der Waals surface area contributed by atoms with Crippen LogP contribution in [-0.4, -0.2) is 24.2 Å². The number of rotatable bonds is 5. The monoisotopic (exact) mass is 221 g/mol. The fourth-order valence-electron chi connectivity index (χ4n) is 1.53. The van der Waals surface area contributed by atoms with Gasteiger partial charge in [-0.05, 0) is 25.8 Å². The minimum Gasteiger partial charge on any atom is -0.396 e. The van der Waals surface area contributed by atoms with Crippen molar-refractivity contribution in [3.8, 4) is 0 Å². The van der Waals surface area contributed by atoms with Crippen LogP contribution in [0.2, 0.25) is 0 Å². The molecule has 0 fully saturated rings. The predicted octanol–water partition coefficient (Wildman–Crippen LogP) is 1.60. The summed E-state index contributed by atoms with van der Waals surface area (Å²) in [5.74, 6) is -0.127. The van der Waals surface area contributed by atoms with Crippen molar-refractivity contribution in [2.45, 2.75) is 26.2 Å². The first-order valence-electron chi connectivity index (χ1n) is 5.60. The zero-order valence-electron chi connectivity index (χ0n) is 9.86. The standard InChI is InChI=1S/C13H19NO2/c1-10-5-3-6-12(9-10)11(2)13(16)14-7-4-8-15/h3,5-6,9,11,15H,4,7-8H2,1-2H3,(H,14,16). The summed E-state index contributed by atoms with van der Waals surface area (Å²) in [6.45, 7) is 4.55. The van der Waals surface area contributed by atoms with Gasteiger partial charge in [0.1, 0.15) is 0 Å². The molecule has 1 rings (SSSR count). The molecule has 0 radical (unpaired) electrons. The third-order valence-electron chi connectivity index (χ3n) is 2.57. The van der Waals surface area contributed by atoms with Crippen molar-refractivity contribution in [2.24, 2.45) is 0 Å². The van der Waals surface area contributed by atoms with E-state index in [-0.39, 0.29) is 18.4 Å². The maximum atomic E-state index is 11.7. The lowest BCUT2D eigenvalue weighted by molar-refractivity contribution is -0.122. The van der Waals surface area contributed by atoms with Crippen molar-refractivity contribution in [1.82, 2.24) is 5.32 Å². The van der Waals surface area contributed by atoms with Gasteiger partial charge in [-0.3, -0.25) is 4.79 Å². The molecule has 0 aliphatic heterocycles. The highest BCUT2D eigenvalue weighted by atomic mass is 16.3. The fourth-order valence-corrected chi connectivity index (χ4v) is 1.53. The Morgan fingerprint density at radius 1 is 1.50 bits per heavy atom. The van der Waals surface area contributed by atoms with Crippen LogP contribution >= 0.6 is 0 Å². The van der Waals surface area contributed by atoms with Crippen molar-refractivity contribution in [1.29, 1.82) is 0 Å². The highest BCUT2D eigenvalue weighted by Gasteiger charge is 2.14. The number of carbonyl (C=O) groups is 1. The lowest BCUT2D eigenvalue weighted by Crippen LogP contribution is -2.29. The van der Waals surface area contributed by atoms with Crippen molar-refractivity contribution < 1.29 is 9.90 Å². The van der Waals surface area contributed by atoms with E-state index < -0.39 is 0 Å². The topological polar surface area (TPSA) is 49.3 Å². The first-order chi connectivity index (χ1) is 7.65. The molecule has 0 bridgehead atoms. The summed E-state index contributed by atoms with van der Waals surface area (Å²) in [5, 5.41) is 11.4. The van der Waals surface area contributed by atoms with Crippen LogP contribution in [0.25, 0.3) is 0 Å². The van der Waals surface area contributed by atoms with E-state index in [0.717, 1.165) is 11.1 Å². The van der Waals surface area contributed by atoms with Crippen molar-refractivity contribution in [3.63, 3.8) is 0 Å². The summed E-state index contributed by atoms with van der Waals surface area (Å²) in [7, 11) is 0. The minimum absolute atomic E-state index is 0.0130. The van der Waals surface area contributed by atoms with Crippen molar-refractivity contribution >= 4 is 5.91 Å². The molecule has 3 heteroatoms. The molecule has 0 saturated carbocycles. The van der Waals surface area contributed by atoms with Gasteiger partial charge in [0.05, 0.1) is 5.92 Å². The number of hydrogen-bond acceptors (Lipinski definition) is 2. The number of aryl methyl sites for hydroxylation is 1. The molecule has 1 amide bonds. The lowest BCUT2D eigenvalue weighted by atomic mass is 9.98.